The minimum absolute atomic E-state index is 0.0332. The van der Waals surface area contributed by atoms with Crippen LogP contribution in [0.15, 0.2) is 170 Å². The topological polar surface area (TPSA) is 27.7 Å². The van der Waals surface area contributed by atoms with Crippen molar-refractivity contribution in [2.75, 3.05) is 15.1 Å². The fourth-order valence-corrected chi connectivity index (χ4v) is 10.9. The van der Waals surface area contributed by atoms with Gasteiger partial charge in [-0.1, -0.05) is 138 Å². The molecule has 0 aromatic heterocycles. The van der Waals surface area contributed by atoms with Crippen molar-refractivity contribution in [1.29, 1.82) is 0 Å². The van der Waals surface area contributed by atoms with Crippen LogP contribution in [0.3, 0.4) is 0 Å². The van der Waals surface area contributed by atoms with Crippen LogP contribution in [0.25, 0.3) is 11.1 Å². The molecule has 2 heterocycles. The van der Waals surface area contributed by atoms with Crippen LogP contribution in [-0.2, 0) is 16.2 Å². The van der Waals surface area contributed by atoms with Gasteiger partial charge in [0, 0.05) is 67.6 Å². The molecule has 1 N–H and O–H groups in total. The Labute approximate surface area is 392 Å². The lowest BCUT2D eigenvalue weighted by atomic mass is 9.57. The normalized spacial score (nSPS) is 15.7. The second kappa shape index (κ2) is 15.6. The zero-order chi connectivity index (χ0) is 45.5. The summed E-state index contributed by atoms with van der Waals surface area (Å²) < 4.78 is 6.86. The standard InChI is InChI=1S/C61H57BN3O/c1-39-32-46(45-36-57-50(37-52(45)63-41-20-12-9-13-21-41)61(7,8)47-26-18-19-27-56(47)66-57)58-55(33-39)65(53-38-49-48(34-40(53)2)59(3,4)30-31-60(49,5)6)54-35-44(28-29-51(54)62-58)64(42-22-14-10-15-23-42)43-24-16-11-17-25-43/h9-29,32-38,63H,30-31H2,1-8H3. The third-order valence-corrected chi connectivity index (χ3v) is 14.7. The highest BCUT2D eigenvalue weighted by molar-refractivity contribution is 6.73. The van der Waals surface area contributed by atoms with E-state index in [1.54, 1.807) is 0 Å². The van der Waals surface area contributed by atoms with E-state index in [1.165, 1.54) is 45.4 Å². The molecule has 0 bridgehead atoms. The molecule has 0 spiro atoms. The highest BCUT2D eigenvalue weighted by Crippen LogP contribution is 2.53. The van der Waals surface area contributed by atoms with Crippen LogP contribution < -0.4 is 30.8 Å². The number of hydrogen-bond acceptors (Lipinski definition) is 4. The maximum atomic E-state index is 6.86. The Balaban J connectivity index is 1.16. The monoisotopic (exact) mass is 858 g/mol. The lowest BCUT2D eigenvalue weighted by Crippen LogP contribution is -2.42. The van der Waals surface area contributed by atoms with Gasteiger partial charge in [-0.2, -0.15) is 0 Å². The van der Waals surface area contributed by atoms with E-state index in [0.29, 0.717) is 0 Å². The number of nitrogens with one attached hydrogen (secondary N) is 1. The van der Waals surface area contributed by atoms with Gasteiger partial charge in [0.15, 0.2) is 7.28 Å². The summed E-state index contributed by atoms with van der Waals surface area (Å²) in [7, 11) is 2.42. The predicted molar refractivity (Wildman–Crippen MR) is 279 cm³/mol. The van der Waals surface area contributed by atoms with Crippen molar-refractivity contribution in [2.45, 2.75) is 84.5 Å². The van der Waals surface area contributed by atoms with Gasteiger partial charge in [0.2, 0.25) is 0 Å². The second-order valence-electron chi connectivity index (χ2n) is 20.5. The van der Waals surface area contributed by atoms with Crippen molar-refractivity contribution in [3.8, 4) is 22.6 Å². The molecule has 2 aliphatic heterocycles. The first kappa shape index (κ1) is 41.7. The molecule has 0 saturated carbocycles. The highest BCUT2D eigenvalue weighted by Gasteiger charge is 2.40. The number of para-hydroxylation sites is 4. The average Bonchev–Trinajstić information content (AvgIpc) is 3.31. The first-order valence-electron chi connectivity index (χ1n) is 23.5. The summed E-state index contributed by atoms with van der Waals surface area (Å²) in [6, 6.07) is 61.9. The third kappa shape index (κ3) is 6.99. The van der Waals surface area contributed by atoms with Crippen molar-refractivity contribution < 1.29 is 4.74 Å². The summed E-state index contributed by atoms with van der Waals surface area (Å²) in [6.07, 6.45) is 2.31. The SMILES string of the molecule is Cc1cc(-c2cc3c(cc2Nc2ccccc2)C(C)(C)c2ccccc2O3)c2c(c1)N(c1cc3c(cc1C)C(C)(C)CCC3(C)C)c1cc(N(c3ccccc3)c3ccccc3)ccc1[B]2. The van der Waals surface area contributed by atoms with E-state index in [-0.39, 0.29) is 16.2 Å². The number of anilines is 8. The molecule has 3 aliphatic rings. The second-order valence-corrected chi connectivity index (χ2v) is 20.5. The van der Waals surface area contributed by atoms with E-state index in [1.807, 2.05) is 0 Å². The van der Waals surface area contributed by atoms with Gasteiger partial charge >= 0.3 is 0 Å². The van der Waals surface area contributed by atoms with Crippen LogP contribution in [0, 0.1) is 13.8 Å². The lowest BCUT2D eigenvalue weighted by molar-refractivity contribution is 0.332. The maximum Gasteiger partial charge on any atom is 0.197 e. The van der Waals surface area contributed by atoms with E-state index in [9.17, 15) is 0 Å². The van der Waals surface area contributed by atoms with Gasteiger partial charge in [0.05, 0.1) is 0 Å². The summed E-state index contributed by atoms with van der Waals surface area (Å²) in [5.74, 6) is 1.80. The van der Waals surface area contributed by atoms with Gasteiger partial charge in [0.25, 0.3) is 0 Å². The number of rotatable bonds is 7. The molecule has 0 fully saturated rings. The van der Waals surface area contributed by atoms with Crippen LogP contribution in [-0.4, -0.2) is 7.28 Å². The van der Waals surface area contributed by atoms with Crippen LogP contribution in [0.5, 0.6) is 11.5 Å². The van der Waals surface area contributed by atoms with Crippen molar-refractivity contribution in [2.24, 2.45) is 0 Å². The number of aryl methyl sites for hydroxylation is 2. The average molecular weight is 859 g/mol. The molecule has 5 heteroatoms. The minimum atomic E-state index is -0.277. The molecule has 1 radical (unpaired) electrons. The fraction of sp³-hybridized carbons (Fsp3) is 0.213. The van der Waals surface area contributed by atoms with E-state index in [2.05, 4.69) is 248 Å². The zero-order valence-electron chi connectivity index (χ0n) is 39.5. The van der Waals surface area contributed by atoms with Gasteiger partial charge in [-0.15, -0.1) is 0 Å². The molecule has 66 heavy (non-hydrogen) atoms. The maximum absolute atomic E-state index is 6.86. The largest absolute Gasteiger partial charge is 0.457 e. The van der Waals surface area contributed by atoms with Crippen molar-refractivity contribution >= 4 is 63.7 Å². The Kier molecular flexibility index (Phi) is 9.85. The smallest absolute Gasteiger partial charge is 0.197 e. The highest BCUT2D eigenvalue weighted by atomic mass is 16.5. The predicted octanol–water partition coefficient (Wildman–Crippen LogP) is 15.4. The molecule has 0 unspecified atom stereocenters. The van der Waals surface area contributed by atoms with Gasteiger partial charge < -0.3 is 19.9 Å². The zero-order valence-corrected chi connectivity index (χ0v) is 39.5. The first-order valence-corrected chi connectivity index (χ1v) is 23.5. The van der Waals surface area contributed by atoms with Crippen LogP contribution >= 0.6 is 0 Å². The Hall–Kier alpha value is -6.98. The van der Waals surface area contributed by atoms with Crippen molar-refractivity contribution in [1.82, 2.24) is 0 Å². The van der Waals surface area contributed by atoms with Gasteiger partial charge in [-0.05, 0) is 150 Å². The quantitative estimate of drug-likeness (QED) is 0.162. The fourth-order valence-electron chi connectivity index (χ4n) is 10.9. The minimum Gasteiger partial charge on any atom is -0.457 e. The molecule has 0 atom stereocenters. The Morgan fingerprint density at radius 2 is 1.14 bits per heavy atom. The first-order chi connectivity index (χ1) is 31.8. The van der Waals surface area contributed by atoms with E-state index >= 15 is 0 Å². The molecular weight excluding hydrogens is 802 g/mol. The molecule has 11 rings (SSSR count). The van der Waals surface area contributed by atoms with Crippen LogP contribution in [0.1, 0.15) is 87.8 Å². The van der Waals surface area contributed by atoms with E-state index in [4.69, 9.17) is 4.74 Å². The summed E-state index contributed by atoms with van der Waals surface area (Å²) in [6.45, 7) is 18.9. The van der Waals surface area contributed by atoms with Crippen LogP contribution in [0.2, 0.25) is 0 Å². The summed E-state index contributed by atoms with van der Waals surface area (Å²) in [4.78, 5) is 4.94. The van der Waals surface area contributed by atoms with Crippen molar-refractivity contribution in [3.63, 3.8) is 0 Å². The number of nitrogens with zero attached hydrogens (tertiary/aromatic N) is 2. The van der Waals surface area contributed by atoms with Crippen LogP contribution in [0.4, 0.5) is 45.5 Å². The molecule has 325 valence electrons. The lowest BCUT2D eigenvalue weighted by Gasteiger charge is -2.44. The molecular formula is C61H57BN3O. The number of benzene rings is 8. The Bertz CT molecular complexity index is 3130. The molecule has 0 saturated heterocycles. The summed E-state index contributed by atoms with van der Waals surface area (Å²) in [5, 5.41) is 3.89. The summed E-state index contributed by atoms with van der Waals surface area (Å²) >= 11 is 0. The molecule has 8 aromatic carbocycles. The Morgan fingerprint density at radius 1 is 0.515 bits per heavy atom. The third-order valence-electron chi connectivity index (χ3n) is 14.7. The Morgan fingerprint density at radius 3 is 1.82 bits per heavy atom. The number of hydrogen-bond donors (Lipinski definition) is 1. The number of ether oxygens (including phenoxy) is 1. The van der Waals surface area contributed by atoms with E-state index < -0.39 is 0 Å². The molecule has 1 aliphatic carbocycles. The van der Waals surface area contributed by atoms with E-state index in [0.717, 1.165) is 79.9 Å². The molecule has 0 amide bonds. The molecule has 8 aromatic rings. The van der Waals surface area contributed by atoms with Crippen molar-refractivity contribution in [3.05, 3.63) is 203 Å². The summed E-state index contributed by atoms with van der Waals surface area (Å²) in [5.41, 5.74) is 21.1. The van der Waals surface area contributed by atoms with Gasteiger partial charge in [-0.25, -0.2) is 0 Å². The number of fused-ring (bicyclic) bond motifs is 5. The van der Waals surface area contributed by atoms with Gasteiger partial charge in [-0.3, -0.25) is 0 Å². The molecule has 4 nitrogen and oxygen atoms in total. The van der Waals surface area contributed by atoms with Gasteiger partial charge in [0.1, 0.15) is 11.5 Å².